The number of furan rings is 1. The van der Waals surface area contributed by atoms with Crippen molar-refractivity contribution in [3.63, 3.8) is 0 Å². The molecule has 4 nitrogen and oxygen atoms in total. The highest BCUT2D eigenvalue weighted by Gasteiger charge is 2.21. The first-order valence-electron chi connectivity index (χ1n) is 7.04. The SMILES string of the molecule is COc1c(C)c(O)c(C)c(-c2cc3c(O)cccc3o2)c1C. The first kappa shape index (κ1) is 14.3. The van der Waals surface area contributed by atoms with Gasteiger partial charge in [-0.2, -0.15) is 0 Å². The summed E-state index contributed by atoms with van der Waals surface area (Å²) < 4.78 is 11.3. The summed E-state index contributed by atoms with van der Waals surface area (Å²) in [6.45, 7) is 5.60. The molecule has 2 N–H and O–H groups in total. The molecule has 0 aliphatic rings. The average Bonchev–Trinajstić information content (AvgIpc) is 2.91. The fraction of sp³-hybridized carbons (Fsp3) is 0.222. The molecule has 0 fully saturated rings. The van der Waals surface area contributed by atoms with E-state index >= 15 is 0 Å². The monoisotopic (exact) mass is 298 g/mol. The molecule has 0 saturated carbocycles. The van der Waals surface area contributed by atoms with Crippen LogP contribution in [0.4, 0.5) is 0 Å². The minimum Gasteiger partial charge on any atom is -0.507 e. The van der Waals surface area contributed by atoms with E-state index in [-0.39, 0.29) is 11.5 Å². The van der Waals surface area contributed by atoms with Gasteiger partial charge >= 0.3 is 0 Å². The van der Waals surface area contributed by atoms with Crippen molar-refractivity contribution < 1.29 is 19.4 Å². The summed E-state index contributed by atoms with van der Waals surface area (Å²) in [6, 6.07) is 6.94. The summed E-state index contributed by atoms with van der Waals surface area (Å²) in [5, 5.41) is 20.9. The van der Waals surface area contributed by atoms with Crippen LogP contribution in [0, 0.1) is 20.8 Å². The summed E-state index contributed by atoms with van der Waals surface area (Å²) in [5.41, 5.74) is 3.73. The van der Waals surface area contributed by atoms with Crippen molar-refractivity contribution in [1.29, 1.82) is 0 Å². The van der Waals surface area contributed by atoms with Gasteiger partial charge in [-0.1, -0.05) is 6.07 Å². The van der Waals surface area contributed by atoms with Crippen LogP contribution in [0.15, 0.2) is 28.7 Å². The maximum Gasteiger partial charge on any atom is 0.138 e. The number of phenols is 2. The highest BCUT2D eigenvalue weighted by molar-refractivity contribution is 5.89. The van der Waals surface area contributed by atoms with Crippen molar-refractivity contribution in [3.8, 4) is 28.6 Å². The Hall–Kier alpha value is -2.62. The van der Waals surface area contributed by atoms with Gasteiger partial charge in [-0.05, 0) is 39.0 Å². The van der Waals surface area contributed by atoms with Crippen molar-refractivity contribution in [2.24, 2.45) is 0 Å². The zero-order chi connectivity index (χ0) is 16.0. The van der Waals surface area contributed by atoms with Crippen LogP contribution in [0.25, 0.3) is 22.3 Å². The predicted molar refractivity (Wildman–Crippen MR) is 85.7 cm³/mol. The van der Waals surface area contributed by atoms with E-state index in [9.17, 15) is 10.2 Å². The van der Waals surface area contributed by atoms with E-state index in [4.69, 9.17) is 9.15 Å². The molecular formula is C18H18O4. The molecule has 22 heavy (non-hydrogen) atoms. The number of ether oxygens (including phenoxy) is 1. The van der Waals surface area contributed by atoms with Crippen molar-refractivity contribution in [3.05, 3.63) is 41.0 Å². The lowest BCUT2D eigenvalue weighted by atomic mass is 9.95. The molecule has 4 heteroatoms. The summed E-state index contributed by atoms with van der Waals surface area (Å²) >= 11 is 0. The Kier molecular flexibility index (Phi) is 3.24. The molecule has 0 amide bonds. The molecule has 3 rings (SSSR count). The number of hydrogen-bond acceptors (Lipinski definition) is 4. The van der Waals surface area contributed by atoms with Crippen molar-refractivity contribution in [2.45, 2.75) is 20.8 Å². The van der Waals surface area contributed by atoms with E-state index in [1.807, 2.05) is 20.8 Å². The van der Waals surface area contributed by atoms with Crippen LogP contribution in [0.5, 0.6) is 17.2 Å². The lowest BCUT2D eigenvalue weighted by molar-refractivity contribution is 0.399. The maximum atomic E-state index is 10.3. The summed E-state index contributed by atoms with van der Waals surface area (Å²) in [6.07, 6.45) is 0. The van der Waals surface area contributed by atoms with Gasteiger partial charge in [0.2, 0.25) is 0 Å². The van der Waals surface area contributed by atoms with Crippen LogP contribution in [-0.2, 0) is 0 Å². The third-order valence-corrected chi connectivity index (χ3v) is 4.13. The van der Waals surface area contributed by atoms with Gasteiger partial charge in [0.05, 0.1) is 12.5 Å². The molecule has 0 aliphatic heterocycles. The molecule has 0 spiro atoms. The van der Waals surface area contributed by atoms with Crippen molar-refractivity contribution in [2.75, 3.05) is 7.11 Å². The van der Waals surface area contributed by atoms with Gasteiger partial charge in [0, 0.05) is 22.3 Å². The van der Waals surface area contributed by atoms with Gasteiger partial charge in [0.25, 0.3) is 0 Å². The third-order valence-electron chi connectivity index (χ3n) is 4.13. The van der Waals surface area contributed by atoms with Gasteiger partial charge in [-0.15, -0.1) is 0 Å². The second-order valence-corrected chi connectivity index (χ2v) is 5.43. The Morgan fingerprint density at radius 3 is 2.36 bits per heavy atom. The van der Waals surface area contributed by atoms with Crippen LogP contribution in [0.1, 0.15) is 16.7 Å². The largest absolute Gasteiger partial charge is 0.507 e. The lowest BCUT2D eigenvalue weighted by Gasteiger charge is -2.17. The van der Waals surface area contributed by atoms with Crippen LogP contribution < -0.4 is 4.74 Å². The molecule has 0 aliphatic carbocycles. The second kappa shape index (κ2) is 4.98. The molecule has 1 heterocycles. The van der Waals surface area contributed by atoms with E-state index < -0.39 is 0 Å². The highest BCUT2D eigenvalue weighted by Crippen LogP contribution is 2.44. The molecule has 0 saturated heterocycles. The first-order chi connectivity index (χ1) is 10.5. The Labute approximate surface area is 128 Å². The molecule has 3 aromatic rings. The average molecular weight is 298 g/mol. The molecule has 0 bridgehead atoms. The van der Waals surface area contributed by atoms with E-state index in [0.29, 0.717) is 28.0 Å². The van der Waals surface area contributed by atoms with E-state index in [1.165, 1.54) is 0 Å². The molecule has 114 valence electrons. The number of aromatic hydroxyl groups is 2. The normalized spacial score (nSPS) is 11.1. The third kappa shape index (κ3) is 1.91. The topological polar surface area (TPSA) is 62.8 Å². The summed E-state index contributed by atoms with van der Waals surface area (Å²) in [4.78, 5) is 0. The number of methoxy groups -OCH3 is 1. The first-order valence-corrected chi connectivity index (χ1v) is 7.04. The van der Waals surface area contributed by atoms with Crippen LogP contribution in [0.2, 0.25) is 0 Å². The molecule has 0 atom stereocenters. The van der Waals surface area contributed by atoms with Gasteiger partial charge in [-0.25, -0.2) is 0 Å². The van der Waals surface area contributed by atoms with E-state index in [2.05, 4.69) is 0 Å². The van der Waals surface area contributed by atoms with Crippen molar-refractivity contribution in [1.82, 2.24) is 0 Å². The Balaban J connectivity index is 2.35. The van der Waals surface area contributed by atoms with E-state index in [0.717, 1.165) is 16.7 Å². The Morgan fingerprint density at radius 1 is 1.00 bits per heavy atom. The van der Waals surface area contributed by atoms with Crippen molar-refractivity contribution >= 4 is 11.0 Å². The lowest BCUT2D eigenvalue weighted by Crippen LogP contribution is -1.97. The molecule has 0 radical (unpaired) electrons. The van der Waals surface area contributed by atoms with Gasteiger partial charge in [-0.3, -0.25) is 0 Å². The van der Waals surface area contributed by atoms with Crippen LogP contribution >= 0.6 is 0 Å². The van der Waals surface area contributed by atoms with Crippen LogP contribution in [-0.4, -0.2) is 17.3 Å². The number of benzene rings is 2. The maximum absolute atomic E-state index is 10.3. The quantitative estimate of drug-likeness (QED) is 0.734. The Bertz CT molecular complexity index is 875. The number of rotatable bonds is 2. The number of hydrogen-bond donors (Lipinski definition) is 2. The molecule has 1 aromatic heterocycles. The molecular weight excluding hydrogens is 280 g/mol. The van der Waals surface area contributed by atoms with Gasteiger partial charge in [0.15, 0.2) is 0 Å². The van der Waals surface area contributed by atoms with E-state index in [1.54, 1.807) is 31.4 Å². The molecule has 0 unspecified atom stereocenters. The number of fused-ring (bicyclic) bond motifs is 1. The zero-order valence-electron chi connectivity index (χ0n) is 13.0. The standard InChI is InChI=1S/C18H18O4/c1-9-16(10(2)18(21-4)11(3)17(9)20)15-8-12-13(19)6-5-7-14(12)22-15/h5-8,19-20H,1-4H3. The summed E-state index contributed by atoms with van der Waals surface area (Å²) in [7, 11) is 1.58. The fourth-order valence-corrected chi connectivity index (χ4v) is 3.03. The van der Waals surface area contributed by atoms with Crippen LogP contribution in [0.3, 0.4) is 0 Å². The second-order valence-electron chi connectivity index (χ2n) is 5.43. The summed E-state index contributed by atoms with van der Waals surface area (Å²) in [5.74, 6) is 1.61. The number of phenolic OH excluding ortho intramolecular Hbond substituents is 2. The minimum absolute atomic E-state index is 0.172. The smallest absolute Gasteiger partial charge is 0.138 e. The highest BCUT2D eigenvalue weighted by atomic mass is 16.5. The Morgan fingerprint density at radius 2 is 1.73 bits per heavy atom. The van der Waals surface area contributed by atoms with Gasteiger partial charge < -0.3 is 19.4 Å². The minimum atomic E-state index is 0.172. The predicted octanol–water partition coefficient (Wildman–Crippen LogP) is 4.44. The van der Waals surface area contributed by atoms with Gasteiger partial charge in [0.1, 0.15) is 28.6 Å². The zero-order valence-corrected chi connectivity index (χ0v) is 13.0. The fourth-order valence-electron chi connectivity index (χ4n) is 3.03. The molecule has 2 aromatic carbocycles.